The van der Waals surface area contributed by atoms with E-state index in [1.165, 1.54) is 24.8 Å². The first-order chi connectivity index (χ1) is 8.75. The molecule has 1 aliphatic heterocycles. The van der Waals surface area contributed by atoms with Crippen molar-refractivity contribution < 1.29 is 4.79 Å². The second-order valence-corrected chi connectivity index (χ2v) is 5.11. The topological polar surface area (TPSA) is 46.3 Å². The number of rotatable bonds is 5. The summed E-state index contributed by atoms with van der Waals surface area (Å²) < 4.78 is 0. The number of primary amides is 1. The molecule has 1 aromatic carbocycles. The van der Waals surface area contributed by atoms with E-state index < -0.39 is 0 Å². The van der Waals surface area contributed by atoms with Crippen LogP contribution in [0.1, 0.15) is 31.2 Å². The monoisotopic (exact) mass is 246 g/mol. The molecule has 18 heavy (non-hydrogen) atoms. The van der Waals surface area contributed by atoms with Crippen LogP contribution in [0.25, 0.3) is 0 Å². The van der Waals surface area contributed by atoms with Crippen LogP contribution in [0, 0.1) is 0 Å². The van der Waals surface area contributed by atoms with Gasteiger partial charge < -0.3 is 5.73 Å². The number of amides is 1. The van der Waals surface area contributed by atoms with E-state index in [0.717, 1.165) is 19.4 Å². The van der Waals surface area contributed by atoms with Crippen LogP contribution in [0.2, 0.25) is 0 Å². The SMILES string of the molecule is NC(=O)CN1CCCCC1CCc1ccccc1. The maximum absolute atomic E-state index is 11.1. The van der Waals surface area contributed by atoms with Gasteiger partial charge in [0.1, 0.15) is 0 Å². The number of carbonyl (C=O) groups excluding carboxylic acids is 1. The molecule has 0 bridgehead atoms. The molecule has 1 unspecified atom stereocenters. The number of nitrogens with two attached hydrogens (primary N) is 1. The Morgan fingerprint density at radius 3 is 2.78 bits per heavy atom. The van der Waals surface area contributed by atoms with Crippen LogP contribution in [0.3, 0.4) is 0 Å². The Hall–Kier alpha value is -1.35. The molecule has 0 spiro atoms. The summed E-state index contributed by atoms with van der Waals surface area (Å²) in [6, 6.07) is 11.1. The van der Waals surface area contributed by atoms with Gasteiger partial charge >= 0.3 is 0 Å². The number of benzene rings is 1. The van der Waals surface area contributed by atoms with E-state index >= 15 is 0 Å². The van der Waals surface area contributed by atoms with E-state index in [9.17, 15) is 4.79 Å². The average Bonchev–Trinajstić information content (AvgIpc) is 2.38. The second-order valence-electron chi connectivity index (χ2n) is 5.11. The standard InChI is InChI=1S/C15H22N2O/c16-15(18)12-17-11-5-4-8-14(17)10-9-13-6-2-1-3-7-13/h1-3,6-7,14H,4-5,8-12H2,(H2,16,18). The minimum absolute atomic E-state index is 0.207. The lowest BCUT2D eigenvalue weighted by molar-refractivity contribution is -0.120. The van der Waals surface area contributed by atoms with Gasteiger partial charge in [0.25, 0.3) is 0 Å². The Balaban J connectivity index is 1.87. The fourth-order valence-electron chi connectivity index (χ4n) is 2.77. The van der Waals surface area contributed by atoms with Gasteiger partial charge in [0.15, 0.2) is 0 Å². The third-order valence-corrected chi connectivity index (χ3v) is 3.72. The lowest BCUT2D eigenvalue weighted by Crippen LogP contribution is -2.44. The summed E-state index contributed by atoms with van der Waals surface area (Å²) >= 11 is 0. The Morgan fingerprint density at radius 2 is 2.06 bits per heavy atom. The number of piperidine rings is 1. The van der Waals surface area contributed by atoms with Crippen molar-refractivity contribution >= 4 is 5.91 Å². The van der Waals surface area contributed by atoms with Gasteiger partial charge in [-0.2, -0.15) is 0 Å². The summed E-state index contributed by atoms with van der Waals surface area (Å²) in [4.78, 5) is 13.3. The molecule has 1 atom stereocenters. The Labute approximate surface area is 109 Å². The highest BCUT2D eigenvalue weighted by Crippen LogP contribution is 2.20. The van der Waals surface area contributed by atoms with E-state index in [0.29, 0.717) is 12.6 Å². The largest absolute Gasteiger partial charge is 0.369 e. The van der Waals surface area contributed by atoms with Gasteiger partial charge in [-0.05, 0) is 37.8 Å². The Kier molecular flexibility index (Phi) is 4.76. The smallest absolute Gasteiger partial charge is 0.231 e. The first-order valence-corrected chi connectivity index (χ1v) is 6.82. The van der Waals surface area contributed by atoms with Crippen molar-refractivity contribution in [2.75, 3.05) is 13.1 Å². The maximum atomic E-state index is 11.1. The van der Waals surface area contributed by atoms with Gasteiger partial charge in [0, 0.05) is 6.04 Å². The average molecular weight is 246 g/mol. The zero-order chi connectivity index (χ0) is 12.8. The number of likely N-dealkylation sites (tertiary alicyclic amines) is 1. The maximum Gasteiger partial charge on any atom is 0.231 e. The molecule has 2 rings (SSSR count). The number of aryl methyl sites for hydroxylation is 1. The lowest BCUT2D eigenvalue weighted by atomic mass is 9.96. The van der Waals surface area contributed by atoms with E-state index in [4.69, 9.17) is 5.73 Å². The first kappa shape index (κ1) is 13.1. The highest BCUT2D eigenvalue weighted by Gasteiger charge is 2.22. The van der Waals surface area contributed by atoms with Crippen molar-refractivity contribution in [3.05, 3.63) is 35.9 Å². The summed E-state index contributed by atoms with van der Waals surface area (Å²) in [7, 11) is 0. The number of hydrogen-bond acceptors (Lipinski definition) is 2. The normalized spacial score (nSPS) is 20.8. The number of nitrogens with zero attached hydrogens (tertiary/aromatic N) is 1. The molecule has 1 amide bonds. The van der Waals surface area contributed by atoms with Gasteiger partial charge in [0.05, 0.1) is 6.54 Å². The summed E-state index contributed by atoms with van der Waals surface area (Å²) in [6.45, 7) is 1.43. The van der Waals surface area contributed by atoms with Crippen LogP contribution >= 0.6 is 0 Å². The van der Waals surface area contributed by atoms with Crippen LogP contribution in [0.15, 0.2) is 30.3 Å². The fourth-order valence-corrected chi connectivity index (χ4v) is 2.77. The molecule has 3 heteroatoms. The van der Waals surface area contributed by atoms with Crippen molar-refractivity contribution in [1.29, 1.82) is 0 Å². The summed E-state index contributed by atoms with van der Waals surface area (Å²) in [6.07, 6.45) is 5.86. The van der Waals surface area contributed by atoms with Gasteiger partial charge in [-0.15, -0.1) is 0 Å². The highest BCUT2D eigenvalue weighted by molar-refractivity contribution is 5.75. The summed E-state index contributed by atoms with van der Waals surface area (Å²) in [5, 5.41) is 0. The summed E-state index contributed by atoms with van der Waals surface area (Å²) in [5.41, 5.74) is 6.69. The van der Waals surface area contributed by atoms with Crippen LogP contribution in [0.5, 0.6) is 0 Å². The van der Waals surface area contributed by atoms with E-state index in [1.54, 1.807) is 0 Å². The number of carbonyl (C=O) groups is 1. The Bertz CT molecular complexity index is 377. The van der Waals surface area contributed by atoms with Gasteiger partial charge in [-0.1, -0.05) is 36.8 Å². The number of hydrogen-bond donors (Lipinski definition) is 1. The minimum atomic E-state index is -0.207. The molecule has 98 valence electrons. The minimum Gasteiger partial charge on any atom is -0.369 e. The molecule has 0 aliphatic carbocycles. The third kappa shape index (κ3) is 3.84. The lowest BCUT2D eigenvalue weighted by Gasteiger charge is -2.34. The van der Waals surface area contributed by atoms with Crippen molar-refractivity contribution in [3.63, 3.8) is 0 Å². The molecule has 0 aromatic heterocycles. The van der Waals surface area contributed by atoms with Gasteiger partial charge in [0.2, 0.25) is 5.91 Å². The van der Waals surface area contributed by atoms with E-state index in [-0.39, 0.29) is 5.91 Å². The van der Waals surface area contributed by atoms with Crippen molar-refractivity contribution in [2.24, 2.45) is 5.73 Å². The van der Waals surface area contributed by atoms with Crippen molar-refractivity contribution in [1.82, 2.24) is 4.90 Å². The molecule has 0 saturated carbocycles. The first-order valence-electron chi connectivity index (χ1n) is 6.82. The predicted octanol–water partition coefficient (Wildman–Crippen LogP) is 1.96. The molecule has 0 radical (unpaired) electrons. The van der Waals surface area contributed by atoms with Gasteiger partial charge in [-0.25, -0.2) is 0 Å². The predicted molar refractivity (Wildman–Crippen MR) is 73.2 cm³/mol. The Morgan fingerprint density at radius 1 is 1.28 bits per heavy atom. The summed E-state index contributed by atoms with van der Waals surface area (Å²) in [5.74, 6) is -0.207. The second kappa shape index (κ2) is 6.55. The molecule has 1 heterocycles. The molecular weight excluding hydrogens is 224 g/mol. The zero-order valence-electron chi connectivity index (χ0n) is 10.8. The third-order valence-electron chi connectivity index (χ3n) is 3.72. The molecule has 1 fully saturated rings. The molecule has 3 nitrogen and oxygen atoms in total. The van der Waals surface area contributed by atoms with Crippen molar-refractivity contribution in [2.45, 2.75) is 38.1 Å². The highest BCUT2D eigenvalue weighted by atomic mass is 16.1. The molecular formula is C15H22N2O. The van der Waals surface area contributed by atoms with Gasteiger partial charge in [-0.3, -0.25) is 9.69 Å². The van der Waals surface area contributed by atoms with Crippen LogP contribution in [-0.2, 0) is 11.2 Å². The fraction of sp³-hybridized carbons (Fsp3) is 0.533. The van der Waals surface area contributed by atoms with Crippen LogP contribution < -0.4 is 5.73 Å². The molecule has 1 aromatic rings. The zero-order valence-corrected chi connectivity index (χ0v) is 10.8. The van der Waals surface area contributed by atoms with Crippen LogP contribution in [0.4, 0.5) is 0 Å². The molecule has 2 N–H and O–H groups in total. The van der Waals surface area contributed by atoms with E-state index in [2.05, 4.69) is 29.2 Å². The van der Waals surface area contributed by atoms with Crippen molar-refractivity contribution in [3.8, 4) is 0 Å². The molecule has 1 saturated heterocycles. The van der Waals surface area contributed by atoms with E-state index in [1.807, 2.05) is 6.07 Å². The molecule has 1 aliphatic rings. The van der Waals surface area contributed by atoms with Crippen LogP contribution in [-0.4, -0.2) is 29.9 Å². The quantitative estimate of drug-likeness (QED) is 0.863.